The molecule has 0 aromatic heterocycles. The highest BCUT2D eigenvalue weighted by molar-refractivity contribution is 6.34. The van der Waals surface area contributed by atoms with Crippen LogP contribution in [0.2, 0.25) is 5.02 Å². The highest BCUT2D eigenvalue weighted by atomic mass is 35.5. The number of Topliss-reactive ketones (excluding diaryl/α,β-unsaturated/α-hetero) is 1. The Morgan fingerprint density at radius 1 is 1.06 bits per heavy atom. The SMILES string of the molecule is O=C(CN1CCCCCCC1)c1ccccc1Cl. The lowest BCUT2D eigenvalue weighted by atomic mass is 10.1. The van der Waals surface area contributed by atoms with Gasteiger partial charge in [-0.1, -0.05) is 43.0 Å². The van der Waals surface area contributed by atoms with Crippen LogP contribution in [0.25, 0.3) is 0 Å². The second kappa shape index (κ2) is 6.91. The summed E-state index contributed by atoms with van der Waals surface area (Å²) in [7, 11) is 0. The Bertz CT molecular complexity index is 397. The maximum absolute atomic E-state index is 12.2. The van der Waals surface area contributed by atoms with Crippen LogP contribution in [0.5, 0.6) is 0 Å². The number of likely N-dealkylation sites (tertiary alicyclic amines) is 1. The molecule has 0 radical (unpaired) electrons. The molecule has 1 aliphatic heterocycles. The topological polar surface area (TPSA) is 20.3 Å². The van der Waals surface area contributed by atoms with Gasteiger partial charge in [0.05, 0.1) is 11.6 Å². The Kier molecular flexibility index (Phi) is 5.21. The van der Waals surface area contributed by atoms with Gasteiger partial charge < -0.3 is 0 Å². The van der Waals surface area contributed by atoms with Gasteiger partial charge in [0.2, 0.25) is 0 Å². The van der Waals surface area contributed by atoms with Gasteiger partial charge in [-0.05, 0) is 38.1 Å². The number of hydrogen-bond acceptors (Lipinski definition) is 2. The lowest BCUT2D eigenvalue weighted by molar-refractivity contribution is 0.0924. The second-order valence-electron chi connectivity index (χ2n) is 4.95. The molecule has 1 fully saturated rings. The molecule has 0 unspecified atom stereocenters. The number of nitrogens with zero attached hydrogens (tertiary/aromatic N) is 1. The summed E-state index contributed by atoms with van der Waals surface area (Å²) in [5.74, 6) is 0.140. The predicted octanol–water partition coefficient (Wildman–Crippen LogP) is 3.79. The van der Waals surface area contributed by atoms with E-state index in [4.69, 9.17) is 11.6 Å². The van der Waals surface area contributed by atoms with Crippen LogP contribution in [0.15, 0.2) is 24.3 Å². The Morgan fingerprint density at radius 3 is 2.33 bits per heavy atom. The van der Waals surface area contributed by atoms with E-state index in [1.165, 1.54) is 32.1 Å². The van der Waals surface area contributed by atoms with Crippen LogP contribution in [0.4, 0.5) is 0 Å². The van der Waals surface area contributed by atoms with Crippen molar-refractivity contribution in [3.63, 3.8) is 0 Å². The van der Waals surface area contributed by atoms with Gasteiger partial charge in [-0.25, -0.2) is 0 Å². The van der Waals surface area contributed by atoms with Gasteiger partial charge in [-0.2, -0.15) is 0 Å². The first-order valence-corrected chi connectivity index (χ1v) is 7.15. The van der Waals surface area contributed by atoms with E-state index in [1.807, 2.05) is 18.2 Å². The third-order valence-corrected chi connectivity index (χ3v) is 3.82. The smallest absolute Gasteiger partial charge is 0.178 e. The van der Waals surface area contributed by atoms with E-state index >= 15 is 0 Å². The van der Waals surface area contributed by atoms with E-state index in [2.05, 4.69) is 4.90 Å². The largest absolute Gasteiger partial charge is 0.296 e. The van der Waals surface area contributed by atoms with E-state index in [0.29, 0.717) is 17.1 Å². The monoisotopic (exact) mass is 265 g/mol. The van der Waals surface area contributed by atoms with Crippen LogP contribution < -0.4 is 0 Å². The molecule has 2 rings (SSSR count). The van der Waals surface area contributed by atoms with Gasteiger partial charge in [0.25, 0.3) is 0 Å². The fourth-order valence-electron chi connectivity index (χ4n) is 2.45. The molecule has 1 saturated heterocycles. The molecule has 1 aromatic carbocycles. The van der Waals surface area contributed by atoms with Crippen molar-refractivity contribution in [2.75, 3.05) is 19.6 Å². The van der Waals surface area contributed by atoms with Crippen LogP contribution in [0.3, 0.4) is 0 Å². The van der Waals surface area contributed by atoms with Crippen LogP contribution in [-0.2, 0) is 0 Å². The minimum atomic E-state index is 0.140. The summed E-state index contributed by atoms with van der Waals surface area (Å²) in [5.41, 5.74) is 0.654. The summed E-state index contributed by atoms with van der Waals surface area (Å²) >= 11 is 6.06. The minimum absolute atomic E-state index is 0.140. The molecule has 0 atom stereocenters. The lowest BCUT2D eigenvalue weighted by Gasteiger charge is -2.23. The molecule has 98 valence electrons. The Hall–Kier alpha value is -0.860. The summed E-state index contributed by atoms with van der Waals surface area (Å²) in [6.07, 6.45) is 6.32. The summed E-state index contributed by atoms with van der Waals surface area (Å²) < 4.78 is 0. The van der Waals surface area contributed by atoms with E-state index in [9.17, 15) is 4.79 Å². The lowest BCUT2D eigenvalue weighted by Crippen LogP contribution is -2.32. The van der Waals surface area contributed by atoms with Crippen LogP contribution in [-0.4, -0.2) is 30.3 Å². The fraction of sp³-hybridized carbons (Fsp3) is 0.533. The number of carbonyl (C=O) groups excluding carboxylic acids is 1. The number of ketones is 1. The standard InChI is InChI=1S/C15H20ClNO/c16-14-9-5-4-8-13(14)15(18)12-17-10-6-2-1-3-7-11-17/h4-5,8-9H,1-3,6-7,10-12H2. The summed E-state index contributed by atoms with van der Waals surface area (Å²) in [6.45, 7) is 2.58. The molecule has 0 aliphatic carbocycles. The molecule has 18 heavy (non-hydrogen) atoms. The van der Waals surface area contributed by atoms with Crippen LogP contribution >= 0.6 is 11.6 Å². The number of benzene rings is 1. The molecular weight excluding hydrogens is 246 g/mol. The molecule has 0 bridgehead atoms. The molecule has 3 heteroatoms. The molecular formula is C15H20ClNO. The first-order valence-electron chi connectivity index (χ1n) is 6.77. The van der Waals surface area contributed by atoms with Gasteiger partial charge in [0.1, 0.15) is 0 Å². The zero-order valence-corrected chi connectivity index (χ0v) is 11.5. The molecule has 1 aliphatic rings. The van der Waals surface area contributed by atoms with Crippen molar-refractivity contribution in [2.24, 2.45) is 0 Å². The number of carbonyl (C=O) groups is 1. The first kappa shape index (κ1) is 13.6. The van der Waals surface area contributed by atoms with Crippen molar-refractivity contribution in [3.05, 3.63) is 34.9 Å². The van der Waals surface area contributed by atoms with Crippen molar-refractivity contribution in [2.45, 2.75) is 32.1 Å². The van der Waals surface area contributed by atoms with Crippen molar-refractivity contribution in [3.8, 4) is 0 Å². The Labute approximate surface area is 114 Å². The van der Waals surface area contributed by atoms with Gasteiger partial charge in [0, 0.05) is 5.56 Å². The van der Waals surface area contributed by atoms with Gasteiger partial charge >= 0.3 is 0 Å². The zero-order valence-electron chi connectivity index (χ0n) is 10.7. The number of halogens is 1. The third kappa shape index (κ3) is 3.82. The molecule has 1 aromatic rings. The summed E-state index contributed by atoms with van der Waals surface area (Å²) in [4.78, 5) is 14.5. The van der Waals surface area contributed by atoms with Crippen molar-refractivity contribution in [1.29, 1.82) is 0 Å². The molecule has 2 nitrogen and oxygen atoms in total. The maximum atomic E-state index is 12.2. The van der Waals surface area contributed by atoms with Gasteiger partial charge in [-0.3, -0.25) is 9.69 Å². The van der Waals surface area contributed by atoms with Gasteiger partial charge in [0.15, 0.2) is 5.78 Å². The van der Waals surface area contributed by atoms with Crippen molar-refractivity contribution >= 4 is 17.4 Å². The van der Waals surface area contributed by atoms with E-state index in [-0.39, 0.29) is 5.78 Å². The molecule has 0 spiro atoms. The van der Waals surface area contributed by atoms with Crippen LogP contribution in [0, 0.1) is 0 Å². The summed E-state index contributed by atoms with van der Waals surface area (Å²) in [5, 5.41) is 0.564. The highest BCUT2D eigenvalue weighted by Gasteiger charge is 2.15. The van der Waals surface area contributed by atoms with Gasteiger partial charge in [-0.15, -0.1) is 0 Å². The molecule has 0 amide bonds. The predicted molar refractivity (Wildman–Crippen MR) is 75.3 cm³/mol. The maximum Gasteiger partial charge on any atom is 0.178 e. The Morgan fingerprint density at radius 2 is 1.67 bits per heavy atom. The molecule has 0 N–H and O–H groups in total. The zero-order chi connectivity index (χ0) is 12.8. The molecule has 0 saturated carbocycles. The Balaban J connectivity index is 1.95. The third-order valence-electron chi connectivity index (χ3n) is 3.49. The van der Waals surface area contributed by atoms with Crippen molar-refractivity contribution < 1.29 is 4.79 Å². The van der Waals surface area contributed by atoms with E-state index in [0.717, 1.165) is 13.1 Å². The number of hydrogen-bond donors (Lipinski definition) is 0. The average Bonchev–Trinajstić information content (AvgIpc) is 2.33. The molecule has 1 heterocycles. The quantitative estimate of drug-likeness (QED) is 0.775. The van der Waals surface area contributed by atoms with Crippen LogP contribution in [0.1, 0.15) is 42.5 Å². The normalized spacial score (nSPS) is 18.1. The van der Waals surface area contributed by atoms with E-state index < -0.39 is 0 Å². The minimum Gasteiger partial charge on any atom is -0.296 e. The fourth-order valence-corrected chi connectivity index (χ4v) is 2.69. The average molecular weight is 266 g/mol. The first-order chi connectivity index (χ1) is 8.77. The van der Waals surface area contributed by atoms with Crippen molar-refractivity contribution in [1.82, 2.24) is 4.90 Å². The van der Waals surface area contributed by atoms with E-state index in [1.54, 1.807) is 6.07 Å². The highest BCUT2D eigenvalue weighted by Crippen LogP contribution is 2.17. The number of rotatable bonds is 3. The summed E-state index contributed by atoms with van der Waals surface area (Å²) in [6, 6.07) is 7.32. The second-order valence-corrected chi connectivity index (χ2v) is 5.35.